The van der Waals surface area contributed by atoms with Gasteiger partial charge in [0.2, 0.25) is 0 Å². The molecule has 4 rings (SSSR count). The van der Waals surface area contributed by atoms with Crippen LogP contribution in [0, 0.1) is 0 Å². The Balaban J connectivity index is 0.000000453. The minimum Gasteiger partial charge on any atom is -0.462 e. The SMILES string of the molecule is CC(C)(C)[Si](C)(C)O[C@H]1CC(=O)OC(C=O)C1.CC(C)(C)[Si](C)(C)O[C@H]1CC(=O)OC(CO)C1.CCC1C[C@@H](O[Si](C)(C)C(C)(C)C)CC(=O)O1.CCC1C[C@@H](O[Si](C)(C)C(C)(C)C)CC(=O)O1. The van der Waals surface area contributed by atoms with Crippen LogP contribution in [-0.4, -0.2) is 124 Å². The van der Waals surface area contributed by atoms with E-state index in [1.54, 1.807) is 0 Å². The Morgan fingerprint density at radius 3 is 0.926 bits per heavy atom. The minimum atomic E-state index is -1.89. The Morgan fingerprint density at radius 1 is 0.456 bits per heavy atom. The summed E-state index contributed by atoms with van der Waals surface area (Å²) >= 11 is 0. The number of carbonyl (C=O) groups excluding carboxylic acids is 5. The second-order valence-corrected chi connectivity index (χ2v) is 44.3. The summed E-state index contributed by atoms with van der Waals surface area (Å²) in [6.07, 6.45) is 5.55. The summed E-state index contributed by atoms with van der Waals surface area (Å²) in [6, 6.07) is 0. The van der Waals surface area contributed by atoms with Crippen molar-refractivity contribution in [2.24, 2.45) is 0 Å². The molecule has 0 aliphatic carbocycles. The molecule has 4 aliphatic heterocycles. The predicted molar refractivity (Wildman–Crippen MR) is 278 cm³/mol. The van der Waals surface area contributed by atoms with Crippen LogP contribution in [0.4, 0.5) is 0 Å². The van der Waals surface area contributed by atoms with Crippen molar-refractivity contribution >= 4 is 63.4 Å². The molecule has 8 atom stereocenters. The summed E-state index contributed by atoms with van der Waals surface area (Å²) in [7, 11) is -7.29. The number of aldehydes is 1. The Hall–Kier alpha value is -1.78. The monoisotopic (exact) mass is 1030 g/mol. The molecule has 4 fully saturated rings. The molecule has 0 radical (unpaired) electrons. The Morgan fingerprint density at radius 2 is 0.691 bits per heavy atom. The highest BCUT2D eigenvalue weighted by Crippen LogP contribution is 2.42. The van der Waals surface area contributed by atoms with E-state index in [1.807, 2.05) is 13.8 Å². The highest BCUT2D eigenvalue weighted by atomic mass is 28.4. The number of hydrogen-bond acceptors (Lipinski definition) is 14. The fraction of sp³-hybridized carbons (Fsp3) is 0.900. The molecule has 4 unspecified atom stereocenters. The zero-order valence-corrected chi connectivity index (χ0v) is 50.7. The maximum absolute atomic E-state index is 11.5. The fourth-order valence-corrected chi connectivity index (χ4v) is 12.2. The number of carbonyl (C=O) groups is 5. The molecule has 0 aromatic heterocycles. The molecule has 4 saturated heterocycles. The topological polar surface area (TPSA) is 179 Å². The molecular formula is C50H98O14Si4. The van der Waals surface area contributed by atoms with Crippen molar-refractivity contribution < 1.29 is 65.7 Å². The van der Waals surface area contributed by atoms with Crippen molar-refractivity contribution in [2.75, 3.05) is 6.61 Å². The van der Waals surface area contributed by atoms with Crippen molar-refractivity contribution in [1.82, 2.24) is 0 Å². The highest BCUT2D eigenvalue weighted by molar-refractivity contribution is 6.75. The van der Waals surface area contributed by atoms with Crippen LogP contribution in [0.15, 0.2) is 0 Å². The lowest BCUT2D eigenvalue weighted by Crippen LogP contribution is -2.47. The number of hydrogen-bond donors (Lipinski definition) is 1. The first-order valence-electron chi connectivity index (χ1n) is 25.2. The van der Waals surface area contributed by atoms with Gasteiger partial charge in [-0.25, -0.2) is 0 Å². The van der Waals surface area contributed by atoms with Crippen LogP contribution in [0.25, 0.3) is 0 Å². The lowest BCUT2D eigenvalue weighted by Gasteiger charge is -2.41. The normalized spacial score (nSPS) is 26.8. The molecule has 4 aliphatic rings. The second-order valence-electron chi connectivity index (χ2n) is 25.3. The van der Waals surface area contributed by atoms with E-state index in [9.17, 15) is 24.0 Å². The number of esters is 4. The average Bonchev–Trinajstić information content (AvgIpc) is 3.15. The van der Waals surface area contributed by atoms with Gasteiger partial charge in [-0.3, -0.25) is 24.0 Å². The van der Waals surface area contributed by atoms with Gasteiger partial charge < -0.3 is 41.8 Å². The standard InChI is InChI=1S/2C13H26O3Si.C12H24O4Si.C12H22O4Si/c2*1-7-10-8-11(9-12(14)15-10)16-17(5,6)13(2,3)4;2*1-12(2,3)17(4,5)16-9-6-10(8-13)15-11(14)7-9/h2*10-11H,7-9H2,1-6H3;9-10,13H,6-8H2,1-5H3;8-10H,6-7H2,1-5H3/t2*10?,11-;2*9-,10?/m1111/s1. The van der Waals surface area contributed by atoms with Gasteiger partial charge in [0.15, 0.2) is 45.7 Å². The summed E-state index contributed by atoms with van der Waals surface area (Å²) in [6.45, 7) is 47.8. The third-order valence-corrected chi connectivity index (χ3v) is 33.3. The van der Waals surface area contributed by atoms with E-state index in [0.717, 1.165) is 25.7 Å². The summed E-state index contributed by atoms with van der Waals surface area (Å²) in [5.74, 6) is -0.810. The molecule has 68 heavy (non-hydrogen) atoms. The van der Waals surface area contributed by atoms with Crippen LogP contribution >= 0.6 is 0 Å². The van der Waals surface area contributed by atoms with Gasteiger partial charge >= 0.3 is 23.9 Å². The lowest BCUT2D eigenvalue weighted by atomic mass is 10.0. The highest BCUT2D eigenvalue weighted by Gasteiger charge is 2.45. The first kappa shape index (κ1) is 64.2. The van der Waals surface area contributed by atoms with Crippen molar-refractivity contribution in [3.8, 4) is 0 Å². The quantitative estimate of drug-likeness (QED) is 0.0844. The minimum absolute atomic E-state index is 0.0472. The summed E-state index contributed by atoms with van der Waals surface area (Å²) in [5, 5.41) is 9.67. The van der Waals surface area contributed by atoms with Crippen molar-refractivity contribution in [2.45, 2.75) is 283 Å². The molecule has 398 valence electrons. The van der Waals surface area contributed by atoms with E-state index in [4.69, 9.17) is 41.8 Å². The molecule has 0 aromatic carbocycles. The molecule has 1 N–H and O–H groups in total. The average molecular weight is 1040 g/mol. The van der Waals surface area contributed by atoms with E-state index in [2.05, 4.69) is 135 Å². The van der Waals surface area contributed by atoms with E-state index < -0.39 is 45.5 Å². The zero-order chi connectivity index (χ0) is 53.1. The molecule has 0 spiro atoms. The number of rotatable bonds is 12. The number of cyclic esters (lactones) is 4. The molecule has 4 heterocycles. The van der Waals surface area contributed by atoms with Gasteiger partial charge in [-0.1, -0.05) is 96.9 Å². The molecule has 0 amide bonds. The van der Waals surface area contributed by atoms with Gasteiger partial charge in [0.25, 0.3) is 0 Å². The van der Waals surface area contributed by atoms with E-state index in [-0.39, 0.29) is 93.7 Å². The largest absolute Gasteiger partial charge is 0.462 e. The summed E-state index contributed by atoms with van der Waals surface area (Å²) in [4.78, 5) is 56.4. The fourth-order valence-electron chi connectivity index (χ4n) is 6.76. The first-order valence-corrected chi connectivity index (χ1v) is 36.8. The molecule has 0 aromatic rings. The van der Waals surface area contributed by atoms with Gasteiger partial charge in [-0.2, -0.15) is 0 Å². The molecule has 14 nitrogen and oxygen atoms in total. The molecule has 0 saturated carbocycles. The Labute approximate surface area is 416 Å². The van der Waals surface area contributed by atoms with Crippen LogP contribution in [-0.2, 0) is 60.6 Å². The van der Waals surface area contributed by atoms with Crippen LogP contribution < -0.4 is 0 Å². The number of aliphatic hydroxyl groups is 1. The predicted octanol–water partition coefficient (Wildman–Crippen LogP) is 11.3. The van der Waals surface area contributed by atoms with Gasteiger partial charge in [0, 0.05) is 25.7 Å². The first-order chi connectivity index (χ1) is 30.6. The van der Waals surface area contributed by atoms with Crippen LogP contribution in [0.1, 0.15) is 161 Å². The van der Waals surface area contributed by atoms with Gasteiger partial charge in [0.1, 0.15) is 18.3 Å². The van der Waals surface area contributed by atoms with Crippen LogP contribution in [0.5, 0.6) is 0 Å². The summed E-state index contributed by atoms with van der Waals surface area (Å²) < 4.78 is 45.3. The van der Waals surface area contributed by atoms with Gasteiger partial charge in [-0.05, 0) is 85.4 Å². The maximum Gasteiger partial charge on any atom is 0.309 e. The van der Waals surface area contributed by atoms with E-state index >= 15 is 0 Å². The Bertz CT molecular complexity index is 1480. The summed E-state index contributed by atoms with van der Waals surface area (Å²) in [5.41, 5.74) is 0. The lowest BCUT2D eigenvalue weighted by molar-refractivity contribution is -0.162. The van der Waals surface area contributed by atoms with Crippen molar-refractivity contribution in [1.29, 1.82) is 0 Å². The maximum atomic E-state index is 11.5. The van der Waals surface area contributed by atoms with Crippen LogP contribution in [0.3, 0.4) is 0 Å². The zero-order valence-electron chi connectivity index (χ0n) is 46.7. The van der Waals surface area contributed by atoms with Crippen molar-refractivity contribution in [3.63, 3.8) is 0 Å². The third-order valence-electron chi connectivity index (χ3n) is 15.2. The van der Waals surface area contributed by atoms with Crippen LogP contribution in [0.2, 0.25) is 72.5 Å². The second kappa shape index (κ2) is 25.7. The number of ether oxygens (including phenoxy) is 4. The third kappa shape index (κ3) is 21.1. The molecule has 0 bridgehead atoms. The van der Waals surface area contributed by atoms with Crippen molar-refractivity contribution in [3.05, 3.63) is 0 Å². The van der Waals surface area contributed by atoms with E-state index in [0.29, 0.717) is 38.4 Å². The number of aliphatic hydroxyl groups excluding tert-OH is 1. The molecule has 18 heteroatoms. The smallest absolute Gasteiger partial charge is 0.309 e. The van der Waals surface area contributed by atoms with Gasteiger partial charge in [-0.15, -0.1) is 0 Å². The molecular weight excluding hydrogens is 937 g/mol. The van der Waals surface area contributed by atoms with Gasteiger partial charge in [0.05, 0.1) is 56.7 Å². The Kier molecular flexibility index (Phi) is 24.3. The van der Waals surface area contributed by atoms with E-state index in [1.165, 1.54) is 0 Å².